The van der Waals surface area contributed by atoms with Crippen molar-refractivity contribution in [3.05, 3.63) is 41.5 Å². The third-order valence-corrected chi connectivity index (χ3v) is 3.94. The Bertz CT molecular complexity index is 644. The first-order valence-corrected chi connectivity index (χ1v) is 7.27. The fraction of sp³-hybridized carbons (Fsp3) is 0.143. The van der Waals surface area contributed by atoms with Crippen LogP contribution in [0, 0.1) is 0 Å². The topological polar surface area (TPSA) is 57.2 Å². The van der Waals surface area contributed by atoms with Gasteiger partial charge in [-0.05, 0) is 30.4 Å². The van der Waals surface area contributed by atoms with Crippen molar-refractivity contribution in [1.29, 1.82) is 0 Å². The smallest absolute Gasteiger partial charge is 0.293 e. The lowest BCUT2D eigenvalue weighted by Gasteiger charge is -2.09. The molecule has 0 saturated carbocycles. The molecule has 22 heavy (non-hydrogen) atoms. The number of hydrogen-bond donors (Lipinski definition) is 0. The predicted molar refractivity (Wildman–Crippen MR) is 86.9 cm³/mol. The zero-order valence-corrected chi connectivity index (χ0v) is 13.5. The van der Waals surface area contributed by atoms with Gasteiger partial charge >= 0.3 is 0 Å². The lowest BCUT2D eigenvalue weighted by Crippen LogP contribution is -2.27. The number of methoxy groups -OCH3 is 2. The molecule has 2 rings (SSSR count). The lowest BCUT2D eigenvalue weighted by molar-refractivity contribution is -0.350. The molecule has 8 heteroatoms. The molecule has 1 aliphatic heterocycles. The van der Waals surface area contributed by atoms with Crippen LogP contribution < -0.4 is 9.47 Å². The van der Waals surface area contributed by atoms with E-state index in [1.54, 1.807) is 38.5 Å². The van der Waals surface area contributed by atoms with Crippen LogP contribution in [0.25, 0.3) is 6.08 Å². The number of thioether (sulfide) groups is 1. The average Bonchev–Trinajstić information content (AvgIpc) is 2.79. The highest BCUT2D eigenvalue weighted by atomic mass is 32.2. The molecule has 6 nitrogen and oxygen atoms in total. The number of carbonyl (C=O) groups is 1. The van der Waals surface area contributed by atoms with E-state index in [0.29, 0.717) is 22.0 Å². The minimum atomic E-state index is -0.422. The molecular weight excluding hydrogens is 326 g/mol. The molecule has 1 amide bonds. The number of carbonyl (C=O) groups excluding carboxylic acids is 1. The van der Waals surface area contributed by atoms with E-state index in [9.17, 15) is 4.79 Å². The van der Waals surface area contributed by atoms with Gasteiger partial charge in [-0.25, -0.2) is 0 Å². The largest absolute Gasteiger partial charge is 0.497 e. The number of hydrogen-bond acceptors (Lipinski definition) is 7. The molecular formula is C14H13NO5S2. The zero-order valence-electron chi connectivity index (χ0n) is 11.9. The van der Waals surface area contributed by atoms with Crippen LogP contribution in [-0.4, -0.2) is 29.5 Å². The number of amides is 1. The van der Waals surface area contributed by atoms with Crippen molar-refractivity contribution in [2.75, 3.05) is 14.2 Å². The molecule has 1 saturated heterocycles. The van der Waals surface area contributed by atoms with E-state index in [4.69, 9.17) is 26.7 Å². The molecule has 1 heterocycles. The molecule has 0 radical (unpaired) electrons. The molecule has 0 unspecified atom stereocenters. The first kappa shape index (κ1) is 16.3. The third kappa shape index (κ3) is 3.41. The van der Waals surface area contributed by atoms with Gasteiger partial charge in [-0.2, -0.15) is 0 Å². The highest BCUT2D eigenvalue weighted by Crippen LogP contribution is 2.35. The molecule has 1 fully saturated rings. The van der Waals surface area contributed by atoms with Crippen molar-refractivity contribution in [3.8, 4) is 11.5 Å². The van der Waals surface area contributed by atoms with Gasteiger partial charge in [-0.3, -0.25) is 4.79 Å². The molecule has 0 atom stereocenters. The maximum Gasteiger partial charge on any atom is 0.293 e. The number of thiocarbonyl (C=S) groups is 1. The molecule has 1 aromatic rings. The summed E-state index contributed by atoms with van der Waals surface area (Å²) in [6.07, 6.45) is 2.71. The standard InChI is InChI=1S/C14H13NO5S2/c1-4-19-20-15-13(16)12(22-14(15)21)7-9-5-6-10(17-2)8-11(9)18-3/h4-8H,1H2,2-3H3/b12-7+. The van der Waals surface area contributed by atoms with Crippen LogP contribution in [0.5, 0.6) is 11.5 Å². The number of rotatable bonds is 6. The monoisotopic (exact) mass is 339 g/mol. The van der Waals surface area contributed by atoms with Crippen LogP contribution in [0.4, 0.5) is 0 Å². The summed E-state index contributed by atoms with van der Waals surface area (Å²) in [6.45, 7) is 3.32. The highest BCUT2D eigenvalue weighted by Gasteiger charge is 2.34. The van der Waals surface area contributed by atoms with Crippen LogP contribution in [0.3, 0.4) is 0 Å². The molecule has 0 aromatic heterocycles. The average molecular weight is 339 g/mol. The fourth-order valence-electron chi connectivity index (χ4n) is 1.67. The summed E-state index contributed by atoms with van der Waals surface area (Å²) in [7, 11) is 3.11. The van der Waals surface area contributed by atoms with Crippen molar-refractivity contribution in [3.63, 3.8) is 0 Å². The first-order valence-electron chi connectivity index (χ1n) is 6.05. The van der Waals surface area contributed by atoms with Gasteiger partial charge in [-0.15, -0.1) is 5.06 Å². The molecule has 0 N–H and O–H groups in total. The second-order valence-corrected chi connectivity index (χ2v) is 5.60. The maximum absolute atomic E-state index is 12.2. The quantitative estimate of drug-likeness (QED) is 0.260. The normalized spacial score (nSPS) is 16.1. The highest BCUT2D eigenvalue weighted by molar-refractivity contribution is 8.26. The van der Waals surface area contributed by atoms with Gasteiger partial charge in [-0.1, -0.05) is 23.3 Å². The van der Waals surface area contributed by atoms with E-state index in [1.807, 2.05) is 0 Å². The second-order valence-electron chi connectivity index (χ2n) is 3.92. The summed E-state index contributed by atoms with van der Waals surface area (Å²) in [5.41, 5.74) is 0.716. The summed E-state index contributed by atoms with van der Waals surface area (Å²) in [6, 6.07) is 5.28. The van der Waals surface area contributed by atoms with E-state index in [0.717, 1.165) is 23.1 Å². The summed E-state index contributed by atoms with van der Waals surface area (Å²) in [4.78, 5) is 21.9. The Hall–Kier alpha value is -2.03. The Kier molecular flexibility index (Phi) is 5.42. The van der Waals surface area contributed by atoms with Crippen molar-refractivity contribution in [2.24, 2.45) is 0 Å². The summed E-state index contributed by atoms with van der Waals surface area (Å²) in [5.74, 6) is 0.812. The molecule has 0 spiro atoms. The Balaban J connectivity index is 2.28. The van der Waals surface area contributed by atoms with E-state index in [-0.39, 0.29) is 4.32 Å². The van der Waals surface area contributed by atoms with Gasteiger partial charge in [0, 0.05) is 11.6 Å². The van der Waals surface area contributed by atoms with Gasteiger partial charge in [0.25, 0.3) is 5.91 Å². The van der Waals surface area contributed by atoms with E-state index >= 15 is 0 Å². The molecule has 1 aromatic carbocycles. The van der Waals surface area contributed by atoms with Crippen LogP contribution in [0.15, 0.2) is 35.9 Å². The maximum atomic E-state index is 12.2. The summed E-state index contributed by atoms with van der Waals surface area (Å²) >= 11 is 6.16. The van der Waals surface area contributed by atoms with E-state index in [1.165, 1.54) is 0 Å². The van der Waals surface area contributed by atoms with Crippen molar-refractivity contribution < 1.29 is 24.1 Å². The predicted octanol–water partition coefficient (Wildman–Crippen LogP) is 2.91. The summed E-state index contributed by atoms with van der Waals surface area (Å²) in [5, 5.41) is 0.878. The Morgan fingerprint density at radius 3 is 2.73 bits per heavy atom. The van der Waals surface area contributed by atoms with Crippen molar-refractivity contribution in [1.82, 2.24) is 5.06 Å². The number of nitrogens with zero attached hydrogens (tertiary/aromatic N) is 1. The fourth-order valence-corrected chi connectivity index (χ4v) is 2.79. The van der Waals surface area contributed by atoms with E-state index < -0.39 is 5.91 Å². The van der Waals surface area contributed by atoms with E-state index in [2.05, 4.69) is 11.5 Å². The summed E-state index contributed by atoms with van der Waals surface area (Å²) < 4.78 is 10.7. The van der Waals surface area contributed by atoms with Crippen LogP contribution in [0.2, 0.25) is 0 Å². The molecule has 0 aliphatic carbocycles. The molecule has 0 bridgehead atoms. The minimum absolute atomic E-state index is 0.227. The minimum Gasteiger partial charge on any atom is -0.497 e. The number of hydroxylamine groups is 2. The first-order chi connectivity index (χ1) is 10.6. The van der Waals surface area contributed by atoms with Crippen LogP contribution >= 0.6 is 24.0 Å². The van der Waals surface area contributed by atoms with Crippen LogP contribution in [0.1, 0.15) is 5.56 Å². The third-order valence-electron chi connectivity index (χ3n) is 2.67. The Labute approximate surface area is 137 Å². The van der Waals surface area contributed by atoms with Gasteiger partial charge < -0.3 is 14.4 Å². The Morgan fingerprint density at radius 1 is 1.32 bits per heavy atom. The van der Waals surface area contributed by atoms with Gasteiger partial charge in [0.15, 0.2) is 4.32 Å². The van der Waals surface area contributed by atoms with Crippen molar-refractivity contribution >= 4 is 40.3 Å². The Morgan fingerprint density at radius 2 is 2.09 bits per heavy atom. The SMILES string of the molecule is C=COON1C(=O)/C(=C\c2ccc(OC)cc2OC)SC1=S. The second kappa shape index (κ2) is 7.30. The molecule has 116 valence electrons. The zero-order chi connectivity index (χ0) is 16.1. The van der Waals surface area contributed by atoms with Gasteiger partial charge in [0.2, 0.25) is 0 Å². The van der Waals surface area contributed by atoms with Gasteiger partial charge in [0.1, 0.15) is 17.8 Å². The number of ether oxygens (including phenoxy) is 2. The van der Waals surface area contributed by atoms with Gasteiger partial charge in [0.05, 0.1) is 19.1 Å². The van der Waals surface area contributed by atoms with Crippen LogP contribution in [-0.2, 0) is 14.7 Å². The lowest BCUT2D eigenvalue weighted by atomic mass is 10.1. The van der Waals surface area contributed by atoms with Crippen molar-refractivity contribution in [2.45, 2.75) is 0 Å². The number of benzene rings is 1. The molecule has 1 aliphatic rings.